The molecule has 1 aromatic heterocycles. The SMILES string of the molecule is CCC1C(=O)N(Cc2ccccn2)C(=O)C1Cc1ccccc1. The third kappa shape index (κ3) is 3.16. The van der Waals surface area contributed by atoms with E-state index >= 15 is 0 Å². The Bertz CT molecular complexity index is 685. The molecule has 1 fully saturated rings. The lowest BCUT2D eigenvalue weighted by atomic mass is 9.87. The molecule has 118 valence electrons. The Morgan fingerprint density at radius 2 is 1.65 bits per heavy atom. The molecule has 0 bridgehead atoms. The molecule has 1 aromatic carbocycles. The normalized spacial score (nSPS) is 21.0. The molecule has 3 rings (SSSR count). The standard InChI is InChI=1S/C19H20N2O2/c1-2-16-17(12-14-8-4-3-5-9-14)19(23)21(18(16)22)13-15-10-6-7-11-20-15/h3-11,16-17H,2,12-13H2,1H3. The molecule has 0 N–H and O–H groups in total. The van der Waals surface area contributed by atoms with Crippen molar-refractivity contribution in [3.63, 3.8) is 0 Å². The Balaban J connectivity index is 1.81. The number of aromatic nitrogens is 1. The average molecular weight is 308 g/mol. The summed E-state index contributed by atoms with van der Waals surface area (Å²) in [4.78, 5) is 31.0. The second-order valence-electron chi connectivity index (χ2n) is 5.89. The van der Waals surface area contributed by atoms with Gasteiger partial charge in [-0.2, -0.15) is 0 Å². The van der Waals surface area contributed by atoms with Gasteiger partial charge in [0.25, 0.3) is 0 Å². The van der Waals surface area contributed by atoms with Crippen LogP contribution >= 0.6 is 0 Å². The van der Waals surface area contributed by atoms with E-state index in [9.17, 15) is 9.59 Å². The Kier molecular flexibility index (Phi) is 4.51. The van der Waals surface area contributed by atoms with Gasteiger partial charge in [0.2, 0.25) is 11.8 Å². The molecule has 1 saturated heterocycles. The van der Waals surface area contributed by atoms with Crippen LogP contribution in [0, 0.1) is 11.8 Å². The zero-order chi connectivity index (χ0) is 16.2. The van der Waals surface area contributed by atoms with Crippen molar-refractivity contribution < 1.29 is 9.59 Å². The monoisotopic (exact) mass is 308 g/mol. The third-order valence-corrected chi connectivity index (χ3v) is 4.44. The summed E-state index contributed by atoms with van der Waals surface area (Å²) in [7, 11) is 0. The highest BCUT2D eigenvalue weighted by molar-refractivity contribution is 6.05. The van der Waals surface area contributed by atoms with Crippen LogP contribution in [0.1, 0.15) is 24.6 Å². The molecule has 2 aromatic rings. The summed E-state index contributed by atoms with van der Waals surface area (Å²) in [6, 6.07) is 15.4. The van der Waals surface area contributed by atoms with Crippen LogP contribution in [0.4, 0.5) is 0 Å². The predicted molar refractivity (Wildman–Crippen MR) is 87.2 cm³/mol. The first kappa shape index (κ1) is 15.4. The summed E-state index contributed by atoms with van der Waals surface area (Å²) in [6.45, 7) is 2.23. The van der Waals surface area contributed by atoms with Gasteiger partial charge >= 0.3 is 0 Å². The van der Waals surface area contributed by atoms with Crippen molar-refractivity contribution in [1.29, 1.82) is 0 Å². The Labute approximate surface area is 136 Å². The lowest BCUT2D eigenvalue weighted by Crippen LogP contribution is -2.31. The molecule has 2 atom stereocenters. The highest BCUT2D eigenvalue weighted by Gasteiger charge is 2.46. The van der Waals surface area contributed by atoms with Crippen LogP contribution in [-0.2, 0) is 22.6 Å². The first-order valence-electron chi connectivity index (χ1n) is 7.99. The molecule has 0 saturated carbocycles. The maximum atomic E-state index is 12.8. The average Bonchev–Trinajstić information content (AvgIpc) is 2.81. The van der Waals surface area contributed by atoms with Crippen LogP contribution in [0.25, 0.3) is 0 Å². The fourth-order valence-corrected chi connectivity index (χ4v) is 3.22. The van der Waals surface area contributed by atoms with E-state index in [1.807, 2.05) is 55.5 Å². The minimum absolute atomic E-state index is 0.0657. The van der Waals surface area contributed by atoms with Gasteiger partial charge in [0.05, 0.1) is 24.1 Å². The van der Waals surface area contributed by atoms with Crippen molar-refractivity contribution in [3.8, 4) is 0 Å². The fraction of sp³-hybridized carbons (Fsp3) is 0.316. The van der Waals surface area contributed by atoms with Gasteiger partial charge in [-0.3, -0.25) is 19.5 Å². The molecule has 4 heteroatoms. The van der Waals surface area contributed by atoms with Gasteiger partial charge in [0.15, 0.2) is 0 Å². The number of amides is 2. The molecular formula is C19H20N2O2. The number of hydrogen-bond acceptors (Lipinski definition) is 3. The molecule has 2 heterocycles. The fourth-order valence-electron chi connectivity index (χ4n) is 3.22. The lowest BCUT2D eigenvalue weighted by Gasteiger charge is -2.14. The van der Waals surface area contributed by atoms with E-state index in [4.69, 9.17) is 0 Å². The van der Waals surface area contributed by atoms with Crippen LogP contribution in [0.3, 0.4) is 0 Å². The van der Waals surface area contributed by atoms with E-state index in [-0.39, 0.29) is 30.2 Å². The zero-order valence-electron chi connectivity index (χ0n) is 13.2. The van der Waals surface area contributed by atoms with Crippen molar-refractivity contribution in [1.82, 2.24) is 9.88 Å². The van der Waals surface area contributed by atoms with Crippen molar-refractivity contribution >= 4 is 11.8 Å². The molecule has 23 heavy (non-hydrogen) atoms. The van der Waals surface area contributed by atoms with Crippen molar-refractivity contribution in [2.24, 2.45) is 11.8 Å². The van der Waals surface area contributed by atoms with Crippen molar-refractivity contribution in [3.05, 3.63) is 66.0 Å². The lowest BCUT2D eigenvalue weighted by molar-refractivity contribution is -0.140. The van der Waals surface area contributed by atoms with Gasteiger partial charge in [0, 0.05) is 6.20 Å². The molecule has 2 amide bonds. The van der Waals surface area contributed by atoms with Crippen LogP contribution < -0.4 is 0 Å². The summed E-state index contributed by atoms with van der Waals surface area (Å²) in [6.07, 6.45) is 2.97. The second-order valence-corrected chi connectivity index (χ2v) is 5.89. The smallest absolute Gasteiger partial charge is 0.233 e. The Morgan fingerprint density at radius 1 is 0.957 bits per heavy atom. The summed E-state index contributed by atoms with van der Waals surface area (Å²) in [5.74, 6) is -0.634. The number of likely N-dealkylation sites (tertiary alicyclic amines) is 1. The number of imide groups is 1. The molecule has 1 aliphatic rings. The Hall–Kier alpha value is -2.49. The van der Waals surface area contributed by atoms with Gasteiger partial charge in [-0.1, -0.05) is 43.3 Å². The van der Waals surface area contributed by atoms with Gasteiger partial charge in [-0.15, -0.1) is 0 Å². The first-order valence-corrected chi connectivity index (χ1v) is 7.99. The Morgan fingerprint density at radius 3 is 2.30 bits per heavy atom. The van der Waals surface area contributed by atoms with Crippen molar-refractivity contribution in [2.75, 3.05) is 0 Å². The second kappa shape index (κ2) is 6.73. The minimum atomic E-state index is -0.265. The number of carbonyl (C=O) groups excluding carboxylic acids is 2. The number of hydrogen-bond donors (Lipinski definition) is 0. The summed E-state index contributed by atoms with van der Waals surface area (Å²) in [5, 5.41) is 0. The topological polar surface area (TPSA) is 50.3 Å². The van der Waals surface area contributed by atoms with Gasteiger partial charge in [-0.05, 0) is 30.5 Å². The summed E-state index contributed by atoms with van der Waals surface area (Å²) in [5.41, 5.74) is 1.83. The highest BCUT2D eigenvalue weighted by Crippen LogP contribution is 2.32. The molecule has 2 unspecified atom stereocenters. The van der Waals surface area contributed by atoms with Crippen molar-refractivity contribution in [2.45, 2.75) is 26.3 Å². The summed E-state index contributed by atoms with van der Waals surface area (Å²) < 4.78 is 0. The number of rotatable bonds is 5. The van der Waals surface area contributed by atoms with Gasteiger partial charge in [0.1, 0.15) is 0 Å². The quantitative estimate of drug-likeness (QED) is 0.798. The minimum Gasteiger partial charge on any atom is -0.276 e. The first-order chi connectivity index (χ1) is 11.2. The van der Waals surface area contributed by atoms with Gasteiger partial charge < -0.3 is 0 Å². The van der Waals surface area contributed by atoms with Crippen LogP contribution in [0.15, 0.2) is 54.7 Å². The zero-order valence-corrected chi connectivity index (χ0v) is 13.2. The van der Waals surface area contributed by atoms with Gasteiger partial charge in [-0.25, -0.2) is 0 Å². The van der Waals surface area contributed by atoms with Crippen LogP contribution in [0.2, 0.25) is 0 Å². The van der Waals surface area contributed by atoms with E-state index in [1.54, 1.807) is 6.20 Å². The van der Waals surface area contributed by atoms with E-state index < -0.39 is 0 Å². The summed E-state index contributed by atoms with van der Waals surface area (Å²) >= 11 is 0. The van der Waals surface area contributed by atoms with E-state index in [0.29, 0.717) is 12.8 Å². The largest absolute Gasteiger partial charge is 0.276 e. The van der Waals surface area contributed by atoms with Crippen LogP contribution in [0.5, 0.6) is 0 Å². The molecule has 0 spiro atoms. The molecule has 1 aliphatic heterocycles. The third-order valence-electron chi connectivity index (χ3n) is 4.44. The van der Waals surface area contributed by atoms with E-state index in [1.165, 1.54) is 4.90 Å². The number of carbonyl (C=O) groups is 2. The number of pyridine rings is 1. The molecular weight excluding hydrogens is 288 g/mol. The number of nitrogens with zero attached hydrogens (tertiary/aromatic N) is 2. The molecule has 4 nitrogen and oxygen atoms in total. The maximum Gasteiger partial charge on any atom is 0.233 e. The molecule has 0 aliphatic carbocycles. The van der Waals surface area contributed by atoms with E-state index in [0.717, 1.165) is 11.3 Å². The van der Waals surface area contributed by atoms with Crippen LogP contribution in [-0.4, -0.2) is 21.7 Å². The predicted octanol–water partition coefficient (Wildman–Crippen LogP) is 2.84. The number of benzene rings is 1. The highest BCUT2D eigenvalue weighted by atomic mass is 16.2. The maximum absolute atomic E-state index is 12.8. The van der Waals surface area contributed by atoms with E-state index in [2.05, 4.69) is 4.98 Å². The molecule has 0 radical (unpaired) electrons.